The van der Waals surface area contributed by atoms with Crippen molar-refractivity contribution in [1.82, 2.24) is 10.3 Å². The standard InChI is InChI=1S/C22H14Cl3N3OS2/c1-11-6-7-13(15(24)8-11)20(29)28-22(30)27-19-14(9-12(23)10-16(19)25)21-26-17-4-2-3-5-18(17)31-21/h2-10H,1H3,(H2,27,28,29,30). The molecule has 1 heterocycles. The molecular weight excluding hydrogens is 493 g/mol. The zero-order valence-corrected chi connectivity index (χ0v) is 19.9. The molecule has 0 saturated heterocycles. The molecule has 0 radical (unpaired) electrons. The van der Waals surface area contributed by atoms with Crippen LogP contribution >= 0.6 is 58.4 Å². The molecular formula is C22H14Cl3N3OS2. The Labute approximate surface area is 203 Å². The largest absolute Gasteiger partial charge is 0.331 e. The fraction of sp³-hybridized carbons (Fsp3) is 0.0455. The van der Waals surface area contributed by atoms with Gasteiger partial charge in [-0.15, -0.1) is 11.3 Å². The molecule has 0 spiro atoms. The number of aryl methyl sites for hydroxylation is 1. The van der Waals surface area contributed by atoms with Gasteiger partial charge in [0.05, 0.1) is 31.5 Å². The molecule has 0 aliphatic rings. The quantitative estimate of drug-likeness (QED) is 0.285. The molecule has 1 aromatic heterocycles. The number of hydrogen-bond acceptors (Lipinski definition) is 4. The second-order valence-corrected chi connectivity index (χ2v) is 9.38. The Balaban J connectivity index is 1.63. The molecule has 31 heavy (non-hydrogen) atoms. The van der Waals surface area contributed by atoms with E-state index in [9.17, 15) is 4.79 Å². The first-order valence-electron chi connectivity index (χ1n) is 9.05. The van der Waals surface area contributed by atoms with Crippen LogP contribution in [0.1, 0.15) is 15.9 Å². The third-order valence-electron chi connectivity index (χ3n) is 4.41. The summed E-state index contributed by atoms with van der Waals surface area (Å²) in [5.41, 5.74) is 3.34. The van der Waals surface area contributed by atoms with E-state index in [-0.39, 0.29) is 5.11 Å². The number of nitrogens with zero attached hydrogens (tertiary/aromatic N) is 1. The molecule has 4 rings (SSSR count). The van der Waals surface area contributed by atoms with E-state index in [4.69, 9.17) is 47.0 Å². The number of amides is 1. The maximum atomic E-state index is 12.6. The van der Waals surface area contributed by atoms with Crippen LogP contribution in [-0.2, 0) is 0 Å². The monoisotopic (exact) mass is 505 g/mol. The fourth-order valence-corrected chi connectivity index (χ4v) is 5.02. The van der Waals surface area contributed by atoms with Gasteiger partial charge in [-0.1, -0.05) is 53.0 Å². The SMILES string of the molecule is Cc1ccc(C(=O)NC(=S)Nc2c(Cl)cc(Cl)cc2-c2nc3ccccc3s2)c(Cl)c1. The van der Waals surface area contributed by atoms with Crippen LogP contribution in [0.15, 0.2) is 54.6 Å². The van der Waals surface area contributed by atoms with Crippen molar-refractivity contribution in [1.29, 1.82) is 0 Å². The highest BCUT2D eigenvalue weighted by atomic mass is 35.5. The number of carbonyl (C=O) groups is 1. The van der Waals surface area contributed by atoms with Crippen LogP contribution in [0.5, 0.6) is 0 Å². The van der Waals surface area contributed by atoms with Gasteiger partial charge >= 0.3 is 0 Å². The second-order valence-electron chi connectivity index (χ2n) is 6.69. The van der Waals surface area contributed by atoms with Crippen molar-refractivity contribution < 1.29 is 4.79 Å². The van der Waals surface area contributed by atoms with Crippen LogP contribution in [-0.4, -0.2) is 16.0 Å². The van der Waals surface area contributed by atoms with Crippen molar-refractivity contribution in [2.45, 2.75) is 6.92 Å². The van der Waals surface area contributed by atoms with Crippen LogP contribution < -0.4 is 10.6 Å². The van der Waals surface area contributed by atoms with Gasteiger partial charge in [-0.25, -0.2) is 4.98 Å². The fourth-order valence-electron chi connectivity index (χ4n) is 2.98. The number of thiazole rings is 1. The summed E-state index contributed by atoms with van der Waals surface area (Å²) in [4.78, 5) is 17.3. The number of benzene rings is 3. The summed E-state index contributed by atoms with van der Waals surface area (Å²) in [6.07, 6.45) is 0. The summed E-state index contributed by atoms with van der Waals surface area (Å²) in [6, 6.07) is 16.3. The average Bonchev–Trinajstić information content (AvgIpc) is 3.13. The lowest BCUT2D eigenvalue weighted by molar-refractivity contribution is 0.0978. The molecule has 0 fully saturated rings. The lowest BCUT2D eigenvalue weighted by Crippen LogP contribution is -2.34. The van der Waals surface area contributed by atoms with E-state index in [1.165, 1.54) is 11.3 Å². The first kappa shape index (κ1) is 22.0. The van der Waals surface area contributed by atoms with Gasteiger partial charge in [0.1, 0.15) is 5.01 Å². The summed E-state index contributed by atoms with van der Waals surface area (Å²) in [6.45, 7) is 1.89. The zero-order chi connectivity index (χ0) is 22.1. The van der Waals surface area contributed by atoms with E-state index < -0.39 is 5.91 Å². The molecule has 0 saturated carbocycles. The number of aromatic nitrogens is 1. The zero-order valence-electron chi connectivity index (χ0n) is 16.0. The molecule has 1 amide bonds. The molecule has 4 aromatic rings. The lowest BCUT2D eigenvalue weighted by Gasteiger charge is -2.15. The topological polar surface area (TPSA) is 54.0 Å². The highest BCUT2D eigenvalue weighted by molar-refractivity contribution is 7.80. The number of para-hydroxylation sites is 1. The van der Waals surface area contributed by atoms with Crippen LogP contribution in [0.25, 0.3) is 20.8 Å². The van der Waals surface area contributed by atoms with E-state index >= 15 is 0 Å². The molecule has 0 unspecified atom stereocenters. The number of anilines is 1. The van der Waals surface area contributed by atoms with Crippen molar-refractivity contribution in [2.75, 3.05) is 5.32 Å². The van der Waals surface area contributed by atoms with Gasteiger partial charge in [-0.2, -0.15) is 0 Å². The predicted octanol–water partition coefficient (Wildman–Crippen LogP) is 7.36. The Morgan fingerprint density at radius 1 is 1.03 bits per heavy atom. The normalized spacial score (nSPS) is 10.8. The van der Waals surface area contributed by atoms with E-state index in [2.05, 4.69) is 15.6 Å². The summed E-state index contributed by atoms with van der Waals surface area (Å²) < 4.78 is 1.03. The third-order valence-corrected chi connectivity index (χ3v) is 6.52. The van der Waals surface area contributed by atoms with Crippen LogP contribution in [0, 0.1) is 6.92 Å². The molecule has 3 aromatic carbocycles. The Morgan fingerprint density at radius 3 is 2.55 bits per heavy atom. The first-order valence-corrected chi connectivity index (χ1v) is 11.4. The molecule has 0 bridgehead atoms. The lowest BCUT2D eigenvalue weighted by atomic mass is 10.1. The number of thiocarbonyl (C=S) groups is 1. The highest BCUT2D eigenvalue weighted by Crippen LogP contribution is 2.40. The second kappa shape index (κ2) is 9.10. The van der Waals surface area contributed by atoms with E-state index in [1.54, 1.807) is 30.3 Å². The number of halogens is 3. The molecule has 0 aliphatic heterocycles. The third kappa shape index (κ3) is 4.84. The summed E-state index contributed by atoms with van der Waals surface area (Å²) in [5, 5.41) is 7.62. The number of hydrogen-bond donors (Lipinski definition) is 2. The van der Waals surface area contributed by atoms with Gasteiger partial charge in [0.25, 0.3) is 5.91 Å². The average molecular weight is 507 g/mol. The van der Waals surface area contributed by atoms with Crippen molar-refractivity contribution in [3.05, 3.63) is 80.8 Å². The smallest absolute Gasteiger partial charge is 0.258 e. The number of nitrogens with one attached hydrogen (secondary N) is 2. The summed E-state index contributed by atoms with van der Waals surface area (Å²) >= 11 is 25.8. The maximum absolute atomic E-state index is 12.6. The van der Waals surface area contributed by atoms with Crippen molar-refractivity contribution in [3.8, 4) is 10.6 Å². The van der Waals surface area contributed by atoms with Crippen molar-refractivity contribution in [3.63, 3.8) is 0 Å². The van der Waals surface area contributed by atoms with E-state index in [1.807, 2.05) is 31.2 Å². The van der Waals surface area contributed by atoms with Gasteiger partial charge in [-0.05, 0) is 61.1 Å². The van der Waals surface area contributed by atoms with Gasteiger partial charge in [-0.3, -0.25) is 10.1 Å². The minimum Gasteiger partial charge on any atom is -0.331 e. The van der Waals surface area contributed by atoms with Crippen LogP contribution in [0.4, 0.5) is 5.69 Å². The minimum absolute atomic E-state index is 0.0771. The first-order chi connectivity index (χ1) is 14.8. The van der Waals surface area contributed by atoms with Gasteiger partial charge < -0.3 is 5.32 Å². The molecule has 0 atom stereocenters. The number of carbonyl (C=O) groups excluding carboxylic acids is 1. The number of rotatable bonds is 3. The molecule has 156 valence electrons. The minimum atomic E-state index is -0.422. The number of fused-ring (bicyclic) bond motifs is 1. The van der Waals surface area contributed by atoms with Crippen molar-refractivity contribution >= 4 is 85.3 Å². The van der Waals surface area contributed by atoms with E-state index in [0.717, 1.165) is 20.8 Å². The van der Waals surface area contributed by atoms with Crippen molar-refractivity contribution in [2.24, 2.45) is 0 Å². The van der Waals surface area contributed by atoms with Gasteiger partial charge in [0, 0.05) is 10.6 Å². The Hall–Kier alpha value is -2.22. The Kier molecular flexibility index (Phi) is 6.46. The molecule has 2 N–H and O–H groups in total. The Bertz CT molecular complexity index is 1300. The molecule has 9 heteroatoms. The summed E-state index contributed by atoms with van der Waals surface area (Å²) in [5.74, 6) is -0.422. The van der Waals surface area contributed by atoms with Gasteiger partial charge in [0.15, 0.2) is 5.11 Å². The maximum Gasteiger partial charge on any atom is 0.258 e. The molecule has 0 aliphatic carbocycles. The predicted molar refractivity (Wildman–Crippen MR) is 135 cm³/mol. The van der Waals surface area contributed by atoms with E-state index in [0.29, 0.717) is 31.9 Å². The summed E-state index contributed by atoms with van der Waals surface area (Å²) in [7, 11) is 0. The van der Waals surface area contributed by atoms with Crippen LogP contribution in [0.2, 0.25) is 15.1 Å². The molecule has 4 nitrogen and oxygen atoms in total. The van der Waals surface area contributed by atoms with Gasteiger partial charge in [0.2, 0.25) is 0 Å². The van der Waals surface area contributed by atoms with Crippen LogP contribution in [0.3, 0.4) is 0 Å². The Morgan fingerprint density at radius 2 is 1.81 bits per heavy atom. The highest BCUT2D eigenvalue weighted by Gasteiger charge is 2.18.